The summed E-state index contributed by atoms with van der Waals surface area (Å²) in [6.45, 7) is 0. The molecule has 0 saturated carbocycles. The number of aliphatic hydroxyl groups is 1. The average Bonchev–Trinajstić information content (AvgIpc) is 2.80. The minimum absolute atomic E-state index is 0.912. The van der Waals surface area contributed by atoms with Crippen LogP contribution in [0.2, 0.25) is 0 Å². The van der Waals surface area contributed by atoms with Crippen molar-refractivity contribution >= 4 is 0 Å². The van der Waals surface area contributed by atoms with Crippen LogP contribution in [0.3, 0.4) is 0 Å². The molecule has 1 heteroatoms. The number of hydrogen-bond acceptors (Lipinski definition) is 1. The van der Waals surface area contributed by atoms with Gasteiger partial charge in [0.1, 0.15) is 5.60 Å². The van der Waals surface area contributed by atoms with Crippen LogP contribution in [-0.2, 0) is 5.60 Å². The predicted octanol–water partition coefficient (Wildman–Crippen LogP) is 4.18. The Hall–Kier alpha value is -2.12. The van der Waals surface area contributed by atoms with Crippen molar-refractivity contribution in [1.29, 1.82) is 0 Å². The van der Waals surface area contributed by atoms with Crippen LogP contribution in [0.5, 0.6) is 0 Å². The first-order valence-corrected chi connectivity index (χ1v) is 7.10. The molecule has 0 saturated heterocycles. The van der Waals surface area contributed by atoms with Crippen LogP contribution >= 0.6 is 0 Å². The minimum Gasteiger partial charge on any atom is -0.376 e. The zero-order chi connectivity index (χ0) is 13.6. The van der Waals surface area contributed by atoms with E-state index < -0.39 is 5.60 Å². The van der Waals surface area contributed by atoms with Crippen LogP contribution in [0, 0.1) is 0 Å². The second-order valence-electron chi connectivity index (χ2n) is 5.46. The van der Waals surface area contributed by atoms with Gasteiger partial charge < -0.3 is 5.11 Å². The molecular formula is C19H16O. The average molecular weight is 260 g/mol. The Kier molecular flexibility index (Phi) is 2.45. The summed E-state index contributed by atoms with van der Waals surface area (Å²) >= 11 is 0. The van der Waals surface area contributed by atoms with Gasteiger partial charge >= 0.3 is 0 Å². The fourth-order valence-corrected chi connectivity index (χ4v) is 3.46. The molecule has 0 fully saturated rings. The van der Waals surface area contributed by atoms with E-state index in [4.69, 9.17) is 0 Å². The third kappa shape index (κ3) is 1.41. The first-order chi connectivity index (χ1) is 9.82. The lowest BCUT2D eigenvalue weighted by atomic mass is 9.80. The van der Waals surface area contributed by atoms with Gasteiger partial charge in [0, 0.05) is 11.1 Å². The minimum atomic E-state index is -0.960. The molecule has 0 unspecified atom stereocenters. The van der Waals surface area contributed by atoms with Crippen molar-refractivity contribution in [3.05, 3.63) is 83.5 Å². The largest absolute Gasteiger partial charge is 0.376 e. The summed E-state index contributed by atoms with van der Waals surface area (Å²) in [5.74, 6) is 0. The van der Waals surface area contributed by atoms with Crippen molar-refractivity contribution in [2.75, 3.05) is 0 Å². The molecule has 1 N–H and O–H groups in total. The zero-order valence-electron chi connectivity index (χ0n) is 11.2. The van der Waals surface area contributed by atoms with Gasteiger partial charge in [-0.3, -0.25) is 0 Å². The second-order valence-corrected chi connectivity index (χ2v) is 5.46. The fraction of sp³-hybridized carbons (Fsp3) is 0.158. The van der Waals surface area contributed by atoms with Crippen LogP contribution in [0.25, 0.3) is 11.1 Å². The standard InChI is InChI=1S/C19H16O/c20-19(14-8-2-1-3-9-14)17-12-6-4-10-15(17)16-11-5-7-13-18(16)19/h1-2,4-8,10-13,20H,3,9H2. The monoisotopic (exact) mass is 260 g/mol. The van der Waals surface area contributed by atoms with Crippen molar-refractivity contribution in [1.82, 2.24) is 0 Å². The summed E-state index contributed by atoms with van der Waals surface area (Å²) in [4.78, 5) is 0. The number of benzene rings is 2. The Balaban J connectivity index is 2.04. The van der Waals surface area contributed by atoms with Crippen LogP contribution in [-0.4, -0.2) is 5.11 Å². The summed E-state index contributed by atoms with van der Waals surface area (Å²) in [5, 5.41) is 11.5. The number of rotatable bonds is 1. The lowest BCUT2D eigenvalue weighted by molar-refractivity contribution is 0.121. The van der Waals surface area contributed by atoms with Crippen molar-refractivity contribution in [3.63, 3.8) is 0 Å². The van der Waals surface area contributed by atoms with Gasteiger partial charge in [-0.15, -0.1) is 0 Å². The van der Waals surface area contributed by atoms with Gasteiger partial charge in [0.15, 0.2) is 0 Å². The first-order valence-electron chi connectivity index (χ1n) is 7.10. The number of fused-ring (bicyclic) bond motifs is 3. The predicted molar refractivity (Wildman–Crippen MR) is 81.3 cm³/mol. The molecule has 0 aliphatic heterocycles. The zero-order valence-corrected chi connectivity index (χ0v) is 11.2. The summed E-state index contributed by atoms with van der Waals surface area (Å²) < 4.78 is 0. The van der Waals surface area contributed by atoms with Gasteiger partial charge in [-0.05, 0) is 29.5 Å². The van der Waals surface area contributed by atoms with Crippen LogP contribution < -0.4 is 0 Å². The highest BCUT2D eigenvalue weighted by atomic mass is 16.3. The van der Waals surface area contributed by atoms with Crippen molar-refractivity contribution in [2.45, 2.75) is 18.4 Å². The molecular weight excluding hydrogens is 244 g/mol. The molecule has 0 heterocycles. The Morgan fingerprint density at radius 3 is 2.00 bits per heavy atom. The number of allylic oxidation sites excluding steroid dienone is 3. The molecule has 4 rings (SSSR count). The normalized spacial score (nSPS) is 18.4. The molecule has 2 aliphatic rings. The SMILES string of the molecule is OC1(C2=CC=CCC2)c2ccccc2-c2ccccc21. The van der Waals surface area contributed by atoms with Crippen molar-refractivity contribution in [3.8, 4) is 11.1 Å². The molecule has 0 bridgehead atoms. The van der Waals surface area contributed by atoms with Crippen LogP contribution in [0.15, 0.2) is 72.3 Å². The molecule has 0 aromatic heterocycles. The Bertz CT molecular complexity index is 691. The van der Waals surface area contributed by atoms with Gasteiger partial charge in [0.2, 0.25) is 0 Å². The maximum Gasteiger partial charge on any atom is 0.138 e. The van der Waals surface area contributed by atoms with E-state index in [1.54, 1.807) is 0 Å². The molecule has 20 heavy (non-hydrogen) atoms. The molecule has 2 aromatic rings. The lowest BCUT2D eigenvalue weighted by Crippen LogP contribution is -2.27. The highest BCUT2D eigenvalue weighted by Crippen LogP contribution is 2.52. The quantitative estimate of drug-likeness (QED) is 0.815. The van der Waals surface area contributed by atoms with Crippen LogP contribution in [0.1, 0.15) is 24.0 Å². The first kappa shape index (κ1) is 11.7. The molecule has 0 spiro atoms. The highest BCUT2D eigenvalue weighted by molar-refractivity contribution is 5.82. The Morgan fingerprint density at radius 1 is 0.850 bits per heavy atom. The van der Waals surface area contributed by atoms with E-state index in [0.29, 0.717) is 0 Å². The highest BCUT2D eigenvalue weighted by Gasteiger charge is 2.43. The van der Waals surface area contributed by atoms with Crippen molar-refractivity contribution in [2.24, 2.45) is 0 Å². The Labute approximate surface area is 118 Å². The van der Waals surface area contributed by atoms with Gasteiger partial charge in [-0.2, -0.15) is 0 Å². The van der Waals surface area contributed by atoms with E-state index in [9.17, 15) is 5.11 Å². The molecule has 2 aromatic carbocycles. The molecule has 98 valence electrons. The van der Waals surface area contributed by atoms with E-state index in [1.807, 2.05) is 24.3 Å². The lowest BCUT2D eigenvalue weighted by Gasteiger charge is -2.30. The van der Waals surface area contributed by atoms with Gasteiger partial charge in [-0.25, -0.2) is 0 Å². The molecule has 0 radical (unpaired) electrons. The second kappa shape index (κ2) is 4.19. The summed E-state index contributed by atoms with van der Waals surface area (Å²) in [6.07, 6.45) is 8.19. The van der Waals surface area contributed by atoms with Crippen LogP contribution in [0.4, 0.5) is 0 Å². The van der Waals surface area contributed by atoms with Gasteiger partial charge in [-0.1, -0.05) is 66.8 Å². The van der Waals surface area contributed by atoms with E-state index in [2.05, 4.69) is 42.5 Å². The molecule has 0 atom stereocenters. The maximum absolute atomic E-state index is 11.5. The molecule has 1 nitrogen and oxygen atoms in total. The molecule has 2 aliphatic carbocycles. The van der Waals surface area contributed by atoms with E-state index in [1.165, 1.54) is 0 Å². The Morgan fingerprint density at radius 2 is 1.45 bits per heavy atom. The summed E-state index contributed by atoms with van der Waals surface area (Å²) in [7, 11) is 0. The van der Waals surface area contributed by atoms with E-state index in [0.717, 1.165) is 40.7 Å². The smallest absolute Gasteiger partial charge is 0.138 e. The fourth-order valence-electron chi connectivity index (χ4n) is 3.46. The topological polar surface area (TPSA) is 20.2 Å². The van der Waals surface area contributed by atoms with Gasteiger partial charge in [0.25, 0.3) is 0 Å². The van der Waals surface area contributed by atoms with E-state index in [-0.39, 0.29) is 0 Å². The molecule has 0 amide bonds. The third-order valence-corrected chi connectivity index (χ3v) is 4.40. The summed E-state index contributed by atoms with van der Waals surface area (Å²) in [5.41, 5.74) is 4.47. The maximum atomic E-state index is 11.5. The summed E-state index contributed by atoms with van der Waals surface area (Å²) in [6, 6.07) is 16.4. The van der Waals surface area contributed by atoms with Gasteiger partial charge in [0.05, 0.1) is 0 Å². The van der Waals surface area contributed by atoms with E-state index >= 15 is 0 Å². The van der Waals surface area contributed by atoms with Crippen molar-refractivity contribution < 1.29 is 5.11 Å². The number of hydrogen-bond donors (Lipinski definition) is 1. The third-order valence-electron chi connectivity index (χ3n) is 4.40.